The van der Waals surface area contributed by atoms with Crippen molar-refractivity contribution >= 4 is 5.84 Å². The van der Waals surface area contributed by atoms with Crippen LogP contribution in [0.25, 0.3) is 0 Å². The van der Waals surface area contributed by atoms with Gasteiger partial charge in [0.05, 0.1) is 6.61 Å². The van der Waals surface area contributed by atoms with E-state index in [0.717, 1.165) is 0 Å². The molecule has 0 amide bonds. The molecule has 0 aromatic carbocycles. The lowest BCUT2D eigenvalue weighted by molar-refractivity contribution is 0.324. The lowest BCUT2D eigenvalue weighted by Crippen LogP contribution is -2.16. The Balaban J connectivity index is 3.14. The Morgan fingerprint density at radius 2 is 2.20 bits per heavy atom. The van der Waals surface area contributed by atoms with Crippen LogP contribution in [0.1, 0.15) is 38.2 Å². The normalized spacial score (nSPS) is 10.4. The molecule has 0 spiro atoms. The highest BCUT2D eigenvalue weighted by Crippen LogP contribution is 2.15. The summed E-state index contributed by atoms with van der Waals surface area (Å²) in [7, 11) is 0. The number of nitrogens with one attached hydrogen (secondary N) is 1. The van der Waals surface area contributed by atoms with E-state index in [1.165, 1.54) is 0 Å². The summed E-state index contributed by atoms with van der Waals surface area (Å²) in [6, 6.07) is 1.58. The Morgan fingerprint density at radius 1 is 1.53 bits per heavy atom. The van der Waals surface area contributed by atoms with Crippen LogP contribution in [0.3, 0.4) is 0 Å². The maximum absolute atomic E-state index is 7.33. The molecule has 15 heavy (non-hydrogen) atoms. The van der Waals surface area contributed by atoms with E-state index in [2.05, 4.69) is 9.97 Å². The van der Waals surface area contributed by atoms with Crippen molar-refractivity contribution in [3.63, 3.8) is 0 Å². The average molecular weight is 208 g/mol. The van der Waals surface area contributed by atoms with Crippen LogP contribution >= 0.6 is 0 Å². The van der Waals surface area contributed by atoms with Gasteiger partial charge in [-0.3, -0.25) is 5.41 Å². The lowest BCUT2D eigenvalue weighted by Gasteiger charge is -2.09. The van der Waals surface area contributed by atoms with E-state index >= 15 is 0 Å². The number of ether oxygens (including phenoxy) is 1. The van der Waals surface area contributed by atoms with Crippen LogP contribution in [0.5, 0.6) is 5.88 Å². The molecule has 0 atom stereocenters. The Kier molecular flexibility index (Phi) is 3.60. The molecule has 0 aliphatic heterocycles. The van der Waals surface area contributed by atoms with Crippen molar-refractivity contribution in [3.8, 4) is 5.88 Å². The zero-order valence-electron chi connectivity index (χ0n) is 9.24. The monoisotopic (exact) mass is 208 g/mol. The van der Waals surface area contributed by atoms with E-state index in [0.29, 0.717) is 24.0 Å². The third-order valence-corrected chi connectivity index (χ3v) is 1.80. The molecule has 82 valence electrons. The molecule has 0 bridgehead atoms. The fraction of sp³-hybridized carbons (Fsp3) is 0.500. The zero-order chi connectivity index (χ0) is 11.4. The van der Waals surface area contributed by atoms with Crippen LogP contribution in [0.2, 0.25) is 0 Å². The minimum atomic E-state index is -0.0692. The van der Waals surface area contributed by atoms with Crippen molar-refractivity contribution in [1.82, 2.24) is 9.97 Å². The molecule has 0 unspecified atom stereocenters. The molecule has 0 aliphatic rings. The molecule has 0 saturated carbocycles. The lowest BCUT2D eigenvalue weighted by atomic mass is 10.2. The first-order chi connectivity index (χ1) is 7.04. The molecule has 0 aliphatic carbocycles. The van der Waals surface area contributed by atoms with Gasteiger partial charge in [-0.05, 0) is 6.92 Å². The van der Waals surface area contributed by atoms with Crippen LogP contribution in [-0.4, -0.2) is 22.4 Å². The van der Waals surface area contributed by atoms with Crippen LogP contribution < -0.4 is 10.5 Å². The Labute approximate surface area is 89.2 Å². The summed E-state index contributed by atoms with van der Waals surface area (Å²) < 4.78 is 5.28. The van der Waals surface area contributed by atoms with Crippen molar-refractivity contribution in [1.29, 1.82) is 5.41 Å². The van der Waals surface area contributed by atoms with Crippen LogP contribution in [0.15, 0.2) is 6.07 Å². The van der Waals surface area contributed by atoms with E-state index in [-0.39, 0.29) is 11.8 Å². The highest BCUT2D eigenvalue weighted by Gasteiger charge is 2.09. The van der Waals surface area contributed by atoms with Gasteiger partial charge in [-0.15, -0.1) is 0 Å². The van der Waals surface area contributed by atoms with E-state index in [4.69, 9.17) is 15.9 Å². The Bertz CT molecular complexity index is 362. The van der Waals surface area contributed by atoms with Crippen molar-refractivity contribution < 1.29 is 4.74 Å². The number of hydrogen-bond donors (Lipinski definition) is 2. The van der Waals surface area contributed by atoms with Gasteiger partial charge in [0.25, 0.3) is 0 Å². The number of aromatic nitrogens is 2. The molecule has 0 fully saturated rings. The summed E-state index contributed by atoms with van der Waals surface area (Å²) in [6.07, 6.45) is 0. The van der Waals surface area contributed by atoms with Crippen molar-refractivity contribution in [2.24, 2.45) is 5.73 Å². The minimum absolute atomic E-state index is 0.0692. The second kappa shape index (κ2) is 4.72. The maximum Gasteiger partial charge on any atom is 0.217 e. The quantitative estimate of drug-likeness (QED) is 0.576. The van der Waals surface area contributed by atoms with Crippen LogP contribution in [-0.2, 0) is 0 Å². The summed E-state index contributed by atoms with van der Waals surface area (Å²) >= 11 is 0. The Hall–Kier alpha value is -1.65. The first kappa shape index (κ1) is 11.4. The third kappa shape index (κ3) is 2.90. The van der Waals surface area contributed by atoms with Crippen molar-refractivity contribution in [2.75, 3.05) is 6.61 Å². The van der Waals surface area contributed by atoms with Gasteiger partial charge in [0.1, 0.15) is 17.4 Å². The highest BCUT2D eigenvalue weighted by molar-refractivity contribution is 5.93. The topological polar surface area (TPSA) is 84.9 Å². The fourth-order valence-electron chi connectivity index (χ4n) is 1.06. The summed E-state index contributed by atoms with van der Waals surface area (Å²) in [6.45, 7) is 6.38. The van der Waals surface area contributed by atoms with Gasteiger partial charge in [-0.2, -0.15) is 4.98 Å². The molecular formula is C10H16N4O. The van der Waals surface area contributed by atoms with E-state index in [1.54, 1.807) is 6.07 Å². The second-order valence-corrected chi connectivity index (χ2v) is 3.45. The molecule has 1 aromatic rings. The maximum atomic E-state index is 7.33. The first-order valence-electron chi connectivity index (χ1n) is 4.90. The standard InChI is InChI=1S/C10H16N4O/c1-4-15-8-5-7(9(11)12)13-10(14-8)6(2)3/h5-6H,4H2,1-3H3,(H3,11,12). The molecule has 1 rings (SSSR count). The van der Waals surface area contributed by atoms with Gasteiger partial charge in [0, 0.05) is 12.0 Å². The Morgan fingerprint density at radius 3 is 2.67 bits per heavy atom. The number of nitrogens with two attached hydrogens (primary N) is 1. The van der Waals surface area contributed by atoms with Crippen molar-refractivity contribution in [2.45, 2.75) is 26.7 Å². The van der Waals surface area contributed by atoms with Gasteiger partial charge in [0.2, 0.25) is 5.88 Å². The second-order valence-electron chi connectivity index (χ2n) is 3.45. The predicted molar refractivity (Wildman–Crippen MR) is 58.3 cm³/mol. The van der Waals surface area contributed by atoms with E-state index < -0.39 is 0 Å². The number of amidine groups is 1. The SMILES string of the molecule is CCOc1cc(C(=N)N)nc(C(C)C)n1. The molecule has 1 aromatic heterocycles. The number of nitrogens with zero attached hydrogens (tertiary/aromatic N) is 2. The van der Waals surface area contributed by atoms with Gasteiger partial charge in [0.15, 0.2) is 0 Å². The van der Waals surface area contributed by atoms with Crippen molar-refractivity contribution in [3.05, 3.63) is 17.6 Å². The van der Waals surface area contributed by atoms with Gasteiger partial charge in [-0.25, -0.2) is 4.98 Å². The number of nitrogen functional groups attached to an aromatic ring is 1. The van der Waals surface area contributed by atoms with E-state index in [1.807, 2.05) is 20.8 Å². The third-order valence-electron chi connectivity index (χ3n) is 1.80. The van der Waals surface area contributed by atoms with E-state index in [9.17, 15) is 0 Å². The van der Waals surface area contributed by atoms with Crippen LogP contribution in [0.4, 0.5) is 0 Å². The molecular weight excluding hydrogens is 192 g/mol. The molecule has 1 heterocycles. The zero-order valence-corrected chi connectivity index (χ0v) is 9.24. The molecule has 3 N–H and O–H groups in total. The number of rotatable bonds is 4. The summed E-state index contributed by atoms with van der Waals surface area (Å²) in [5.74, 6) is 1.23. The predicted octanol–water partition coefficient (Wildman–Crippen LogP) is 1.28. The largest absolute Gasteiger partial charge is 0.478 e. The summed E-state index contributed by atoms with van der Waals surface area (Å²) in [5.41, 5.74) is 5.80. The smallest absolute Gasteiger partial charge is 0.217 e. The minimum Gasteiger partial charge on any atom is -0.478 e. The van der Waals surface area contributed by atoms with Crippen LogP contribution in [0, 0.1) is 5.41 Å². The van der Waals surface area contributed by atoms with Gasteiger partial charge < -0.3 is 10.5 Å². The molecule has 0 saturated heterocycles. The highest BCUT2D eigenvalue weighted by atomic mass is 16.5. The fourth-order valence-corrected chi connectivity index (χ4v) is 1.06. The molecule has 5 nitrogen and oxygen atoms in total. The molecule has 0 radical (unpaired) electrons. The average Bonchev–Trinajstić information content (AvgIpc) is 2.17. The van der Waals surface area contributed by atoms with Gasteiger partial charge >= 0.3 is 0 Å². The summed E-state index contributed by atoms with van der Waals surface area (Å²) in [5, 5.41) is 7.33. The first-order valence-corrected chi connectivity index (χ1v) is 4.90. The summed E-state index contributed by atoms with van der Waals surface area (Å²) in [4.78, 5) is 8.39. The number of hydrogen-bond acceptors (Lipinski definition) is 4. The molecule has 5 heteroatoms. The van der Waals surface area contributed by atoms with Gasteiger partial charge in [-0.1, -0.05) is 13.8 Å².